The van der Waals surface area contributed by atoms with Crippen molar-refractivity contribution >= 4 is 11.7 Å². The highest BCUT2D eigenvalue weighted by atomic mass is 19.1. The van der Waals surface area contributed by atoms with E-state index < -0.39 is 23.5 Å². The smallest absolute Gasteiger partial charge is 0.220 e. The number of halogens is 2. The standard InChI is InChI=1S/C15H18F2N2O3/c16-10-1-2-11(12(17)5-10)13(20)3-4-15(22)19-7-9-6-18-8-14(9)21/h1-2,5,9,14,18,21H,3-4,6-8H2,(H,19,22). The number of carbonyl (C=O) groups is 2. The highest BCUT2D eigenvalue weighted by Crippen LogP contribution is 2.13. The molecule has 0 spiro atoms. The van der Waals surface area contributed by atoms with Gasteiger partial charge in [0.15, 0.2) is 5.78 Å². The average molecular weight is 312 g/mol. The fourth-order valence-electron chi connectivity index (χ4n) is 2.34. The topological polar surface area (TPSA) is 78.4 Å². The molecule has 22 heavy (non-hydrogen) atoms. The van der Waals surface area contributed by atoms with Gasteiger partial charge >= 0.3 is 0 Å². The fraction of sp³-hybridized carbons (Fsp3) is 0.467. The van der Waals surface area contributed by atoms with Crippen LogP contribution >= 0.6 is 0 Å². The van der Waals surface area contributed by atoms with Gasteiger partial charge in [-0.25, -0.2) is 8.78 Å². The van der Waals surface area contributed by atoms with Crippen molar-refractivity contribution in [1.29, 1.82) is 0 Å². The van der Waals surface area contributed by atoms with E-state index in [1.807, 2.05) is 0 Å². The summed E-state index contributed by atoms with van der Waals surface area (Å²) < 4.78 is 26.2. The summed E-state index contributed by atoms with van der Waals surface area (Å²) in [5.41, 5.74) is -0.218. The minimum atomic E-state index is -0.925. The second kappa shape index (κ2) is 7.42. The fourth-order valence-corrected chi connectivity index (χ4v) is 2.34. The van der Waals surface area contributed by atoms with Crippen molar-refractivity contribution in [2.24, 2.45) is 5.92 Å². The summed E-state index contributed by atoms with van der Waals surface area (Å²) in [5, 5.41) is 15.2. The van der Waals surface area contributed by atoms with Crippen LogP contribution in [-0.4, -0.2) is 42.5 Å². The molecule has 0 aromatic heterocycles. The van der Waals surface area contributed by atoms with Gasteiger partial charge in [-0.05, 0) is 12.1 Å². The number of carbonyl (C=O) groups excluding carboxylic acids is 2. The average Bonchev–Trinajstić information content (AvgIpc) is 2.88. The van der Waals surface area contributed by atoms with Crippen molar-refractivity contribution in [3.05, 3.63) is 35.4 Å². The molecule has 1 amide bonds. The first-order chi connectivity index (χ1) is 10.5. The number of Topliss-reactive ketones (excluding diaryl/α,β-unsaturated/α-hetero) is 1. The van der Waals surface area contributed by atoms with E-state index in [4.69, 9.17) is 0 Å². The predicted molar refractivity (Wildman–Crippen MR) is 75.3 cm³/mol. The van der Waals surface area contributed by atoms with Gasteiger partial charge in [-0.1, -0.05) is 0 Å². The zero-order valence-corrected chi connectivity index (χ0v) is 11.9. The van der Waals surface area contributed by atoms with E-state index in [1.165, 1.54) is 0 Å². The molecule has 0 aliphatic carbocycles. The Kier molecular flexibility index (Phi) is 5.57. The summed E-state index contributed by atoms with van der Waals surface area (Å²) >= 11 is 0. The van der Waals surface area contributed by atoms with E-state index in [9.17, 15) is 23.5 Å². The maximum absolute atomic E-state index is 13.4. The Labute approximate surface area is 126 Å². The number of β-amino-alcohol motifs (C(OH)–C–C–N with tert-alkyl or cyclic N) is 1. The third-order valence-corrected chi connectivity index (χ3v) is 3.68. The number of hydrogen-bond donors (Lipinski definition) is 3. The van der Waals surface area contributed by atoms with Gasteiger partial charge in [-0.15, -0.1) is 0 Å². The highest BCUT2D eigenvalue weighted by Gasteiger charge is 2.25. The van der Waals surface area contributed by atoms with Crippen molar-refractivity contribution in [3.8, 4) is 0 Å². The first kappa shape index (κ1) is 16.5. The van der Waals surface area contributed by atoms with Crippen molar-refractivity contribution in [3.63, 3.8) is 0 Å². The molecule has 2 rings (SSSR count). The van der Waals surface area contributed by atoms with Crippen LogP contribution in [0.3, 0.4) is 0 Å². The molecule has 1 fully saturated rings. The minimum Gasteiger partial charge on any atom is -0.391 e. The van der Waals surface area contributed by atoms with Crippen molar-refractivity contribution in [2.75, 3.05) is 19.6 Å². The van der Waals surface area contributed by atoms with Crippen LogP contribution in [0.1, 0.15) is 23.2 Å². The molecule has 1 aromatic rings. The molecule has 1 aromatic carbocycles. The van der Waals surface area contributed by atoms with Crippen molar-refractivity contribution in [1.82, 2.24) is 10.6 Å². The Bertz CT molecular complexity index is 566. The number of hydrogen-bond acceptors (Lipinski definition) is 4. The predicted octanol–water partition coefficient (Wildman–Crippen LogP) is 0.624. The van der Waals surface area contributed by atoms with Gasteiger partial charge in [-0.3, -0.25) is 9.59 Å². The lowest BCUT2D eigenvalue weighted by atomic mass is 10.0. The van der Waals surface area contributed by atoms with Crippen LogP contribution in [-0.2, 0) is 4.79 Å². The third-order valence-electron chi connectivity index (χ3n) is 3.68. The second-order valence-corrected chi connectivity index (χ2v) is 5.34. The molecular formula is C15H18F2N2O3. The molecule has 0 radical (unpaired) electrons. The molecule has 1 heterocycles. The molecule has 2 unspecified atom stereocenters. The lowest BCUT2D eigenvalue weighted by Crippen LogP contribution is -2.34. The zero-order valence-electron chi connectivity index (χ0n) is 11.9. The SMILES string of the molecule is O=C(CCC(=O)c1ccc(F)cc1F)NCC1CNCC1O. The number of amides is 1. The van der Waals surface area contributed by atoms with E-state index in [1.54, 1.807) is 0 Å². The van der Waals surface area contributed by atoms with Crippen LogP contribution < -0.4 is 10.6 Å². The minimum absolute atomic E-state index is 0.0470. The van der Waals surface area contributed by atoms with E-state index in [-0.39, 0.29) is 30.2 Å². The summed E-state index contributed by atoms with van der Waals surface area (Å²) in [7, 11) is 0. The number of benzene rings is 1. The Balaban J connectivity index is 1.77. The molecule has 0 bridgehead atoms. The first-order valence-corrected chi connectivity index (χ1v) is 7.11. The molecule has 120 valence electrons. The number of ketones is 1. The molecular weight excluding hydrogens is 294 g/mol. The normalized spacial score (nSPS) is 20.9. The van der Waals surface area contributed by atoms with Crippen LogP contribution in [0.5, 0.6) is 0 Å². The van der Waals surface area contributed by atoms with Crippen LogP contribution in [0.4, 0.5) is 8.78 Å². The van der Waals surface area contributed by atoms with Crippen LogP contribution in [0.25, 0.3) is 0 Å². The number of aliphatic hydroxyl groups is 1. The molecule has 7 heteroatoms. The van der Waals surface area contributed by atoms with E-state index >= 15 is 0 Å². The Hall–Kier alpha value is -1.86. The maximum atomic E-state index is 13.4. The quantitative estimate of drug-likeness (QED) is 0.673. The molecule has 0 saturated carbocycles. The lowest BCUT2D eigenvalue weighted by Gasteiger charge is -2.13. The summed E-state index contributed by atoms with van der Waals surface area (Å²) in [4.78, 5) is 23.5. The molecule has 3 N–H and O–H groups in total. The van der Waals surface area contributed by atoms with E-state index in [2.05, 4.69) is 10.6 Å². The van der Waals surface area contributed by atoms with Crippen molar-refractivity contribution < 1.29 is 23.5 Å². The Morgan fingerprint density at radius 1 is 1.27 bits per heavy atom. The van der Waals surface area contributed by atoms with Gasteiger partial charge in [0.2, 0.25) is 5.91 Å². The number of nitrogens with one attached hydrogen (secondary N) is 2. The summed E-state index contributed by atoms with van der Waals surface area (Å²) in [5.74, 6) is -2.61. The molecule has 1 aliphatic rings. The third kappa shape index (κ3) is 4.32. The van der Waals surface area contributed by atoms with Gasteiger partial charge in [0.1, 0.15) is 11.6 Å². The van der Waals surface area contributed by atoms with Gasteiger partial charge in [-0.2, -0.15) is 0 Å². The van der Waals surface area contributed by atoms with Gasteiger partial charge < -0.3 is 15.7 Å². The van der Waals surface area contributed by atoms with Crippen LogP contribution in [0.15, 0.2) is 18.2 Å². The number of aliphatic hydroxyl groups excluding tert-OH is 1. The lowest BCUT2D eigenvalue weighted by molar-refractivity contribution is -0.121. The van der Waals surface area contributed by atoms with Crippen molar-refractivity contribution in [2.45, 2.75) is 18.9 Å². The van der Waals surface area contributed by atoms with Gasteiger partial charge in [0.25, 0.3) is 0 Å². The van der Waals surface area contributed by atoms with E-state index in [0.717, 1.165) is 12.1 Å². The van der Waals surface area contributed by atoms with Crippen LogP contribution in [0, 0.1) is 17.6 Å². The molecule has 5 nitrogen and oxygen atoms in total. The summed E-state index contributed by atoms with van der Waals surface area (Å²) in [6.45, 7) is 1.45. The molecule has 1 aliphatic heterocycles. The maximum Gasteiger partial charge on any atom is 0.220 e. The molecule has 1 saturated heterocycles. The number of rotatable bonds is 6. The van der Waals surface area contributed by atoms with Gasteiger partial charge in [0, 0.05) is 44.5 Å². The van der Waals surface area contributed by atoms with Gasteiger partial charge in [0.05, 0.1) is 11.7 Å². The summed E-state index contributed by atoms with van der Waals surface area (Å²) in [6, 6.07) is 2.72. The zero-order chi connectivity index (χ0) is 16.1. The second-order valence-electron chi connectivity index (χ2n) is 5.34. The first-order valence-electron chi connectivity index (χ1n) is 7.11. The Morgan fingerprint density at radius 3 is 2.68 bits per heavy atom. The highest BCUT2D eigenvalue weighted by molar-refractivity contribution is 5.98. The van der Waals surface area contributed by atoms with E-state index in [0.29, 0.717) is 25.7 Å². The summed E-state index contributed by atoms with van der Waals surface area (Å²) in [6.07, 6.45) is -0.721. The Morgan fingerprint density at radius 2 is 2.05 bits per heavy atom. The van der Waals surface area contributed by atoms with Crippen LogP contribution in [0.2, 0.25) is 0 Å². The molecule has 2 atom stereocenters. The monoisotopic (exact) mass is 312 g/mol. The largest absolute Gasteiger partial charge is 0.391 e.